The number of benzene rings is 4. The predicted molar refractivity (Wildman–Crippen MR) is 196 cm³/mol. The van der Waals surface area contributed by atoms with Crippen LogP contribution in [0.3, 0.4) is 0 Å². The van der Waals surface area contributed by atoms with E-state index in [0.29, 0.717) is 52.2 Å². The van der Waals surface area contributed by atoms with Gasteiger partial charge in [-0.15, -0.1) is 0 Å². The molecule has 0 aliphatic rings. The van der Waals surface area contributed by atoms with Crippen molar-refractivity contribution in [1.29, 1.82) is 0 Å². The second-order valence-corrected chi connectivity index (χ2v) is 13.1. The maximum atomic E-state index is 13.7. The van der Waals surface area contributed by atoms with Gasteiger partial charge in [0, 0.05) is 29.6 Å². The Kier molecular flexibility index (Phi) is 11.6. The molecule has 6 rings (SSSR count). The number of aryl methyl sites for hydroxylation is 1. The monoisotopic (exact) mass is 794 g/mol. The third-order valence-electron chi connectivity index (χ3n) is 8.07. The molecule has 18 heteroatoms. The SMILES string of the molecule is Cc1ncc(NC(=O)NCc2cc(F)ccc2C(F)(F)F)c(-c2ccc(-c3ccc(SC(F)(F)F)c(CNC(=O)Nc4ccnn4-c4ccccc4)c3)cc2)n1. The molecule has 4 aromatic carbocycles. The standard InChI is InChI=1S/C38H29F7N8O2S/c1-22-46-21-31(51-35(54)47-19-26-18-28(39)12-13-30(26)37(40,41)42)34(50-22)24-9-7-23(8-10-24)25-11-14-32(56-38(43,44)45)27(17-25)20-48-36(55)52-33-15-16-49-53(33)29-5-3-2-4-6-29/h2-18,21H,19-20H2,1H3,(H2,47,51,54)(H2,48,52,55). The van der Waals surface area contributed by atoms with Crippen molar-refractivity contribution in [3.05, 3.63) is 138 Å². The van der Waals surface area contributed by atoms with Crippen molar-refractivity contribution >= 4 is 35.3 Å². The molecule has 0 aliphatic heterocycles. The van der Waals surface area contributed by atoms with E-state index in [1.165, 1.54) is 35.3 Å². The number of alkyl halides is 6. The van der Waals surface area contributed by atoms with Crippen LogP contribution in [0.25, 0.3) is 28.1 Å². The zero-order valence-electron chi connectivity index (χ0n) is 29.0. The number of thioether (sulfide) groups is 1. The summed E-state index contributed by atoms with van der Waals surface area (Å²) >= 11 is -0.306. The maximum absolute atomic E-state index is 13.7. The summed E-state index contributed by atoms with van der Waals surface area (Å²) in [7, 11) is 0. The first kappa shape index (κ1) is 39.3. The number of amides is 4. The number of nitrogens with zero attached hydrogens (tertiary/aromatic N) is 4. The van der Waals surface area contributed by atoms with E-state index in [9.17, 15) is 40.3 Å². The zero-order valence-corrected chi connectivity index (χ0v) is 29.8. The lowest BCUT2D eigenvalue weighted by molar-refractivity contribution is -0.138. The first-order valence-corrected chi connectivity index (χ1v) is 17.3. The first-order chi connectivity index (χ1) is 26.6. The lowest BCUT2D eigenvalue weighted by atomic mass is 10.0. The predicted octanol–water partition coefficient (Wildman–Crippen LogP) is 9.72. The van der Waals surface area contributed by atoms with Crippen LogP contribution < -0.4 is 21.3 Å². The zero-order chi connectivity index (χ0) is 40.0. The minimum atomic E-state index is -4.76. The molecular formula is C38H29F7N8O2S. The van der Waals surface area contributed by atoms with Crippen LogP contribution in [-0.2, 0) is 19.3 Å². The van der Waals surface area contributed by atoms with E-state index in [1.807, 2.05) is 6.07 Å². The Balaban J connectivity index is 1.17. The van der Waals surface area contributed by atoms with E-state index >= 15 is 0 Å². The third-order valence-corrected chi connectivity index (χ3v) is 8.92. The smallest absolute Gasteiger partial charge is 0.334 e. The molecule has 4 N–H and O–H groups in total. The van der Waals surface area contributed by atoms with Crippen molar-refractivity contribution < 1.29 is 40.3 Å². The second-order valence-electron chi connectivity index (χ2n) is 12.0. The number of para-hydroxylation sites is 1. The molecule has 0 saturated heterocycles. The Hall–Kier alpha value is -6.43. The van der Waals surface area contributed by atoms with Crippen molar-refractivity contribution in [1.82, 2.24) is 30.4 Å². The molecule has 2 heterocycles. The third kappa shape index (κ3) is 10.0. The van der Waals surface area contributed by atoms with E-state index in [4.69, 9.17) is 0 Å². The van der Waals surface area contributed by atoms with E-state index < -0.39 is 47.2 Å². The average molecular weight is 795 g/mol. The summed E-state index contributed by atoms with van der Waals surface area (Å²) in [6.07, 6.45) is -1.96. The molecule has 0 aliphatic carbocycles. The highest BCUT2D eigenvalue weighted by atomic mass is 32.2. The van der Waals surface area contributed by atoms with Crippen LogP contribution in [0.2, 0.25) is 0 Å². The molecular weight excluding hydrogens is 766 g/mol. The molecule has 2 aromatic heterocycles. The van der Waals surface area contributed by atoms with Crippen LogP contribution in [0.1, 0.15) is 22.5 Å². The Morgan fingerprint density at radius 3 is 2.11 bits per heavy atom. The molecule has 56 heavy (non-hydrogen) atoms. The fourth-order valence-electron chi connectivity index (χ4n) is 5.56. The van der Waals surface area contributed by atoms with Crippen molar-refractivity contribution in [3.8, 4) is 28.1 Å². The minimum absolute atomic E-state index is 0.107. The lowest BCUT2D eigenvalue weighted by Crippen LogP contribution is -2.29. The van der Waals surface area contributed by atoms with Crippen LogP contribution in [0.4, 0.5) is 51.8 Å². The van der Waals surface area contributed by atoms with Gasteiger partial charge >= 0.3 is 23.7 Å². The molecule has 0 spiro atoms. The Morgan fingerprint density at radius 1 is 0.750 bits per heavy atom. The molecule has 288 valence electrons. The quantitative estimate of drug-likeness (QED) is 0.0809. The lowest BCUT2D eigenvalue weighted by Gasteiger charge is -2.16. The normalized spacial score (nSPS) is 11.6. The van der Waals surface area contributed by atoms with Gasteiger partial charge in [-0.25, -0.2) is 28.6 Å². The highest BCUT2D eigenvalue weighted by Gasteiger charge is 2.33. The topological polar surface area (TPSA) is 126 Å². The van der Waals surface area contributed by atoms with Crippen molar-refractivity contribution in [2.24, 2.45) is 0 Å². The summed E-state index contributed by atoms with van der Waals surface area (Å²) in [5.41, 5.74) is -3.25. The van der Waals surface area contributed by atoms with Crippen LogP contribution in [0, 0.1) is 12.7 Å². The van der Waals surface area contributed by atoms with Crippen molar-refractivity contribution in [3.63, 3.8) is 0 Å². The number of rotatable bonds is 10. The highest BCUT2D eigenvalue weighted by molar-refractivity contribution is 8.00. The fraction of sp³-hybridized carbons (Fsp3) is 0.132. The van der Waals surface area contributed by atoms with Gasteiger partial charge < -0.3 is 16.0 Å². The van der Waals surface area contributed by atoms with E-state index in [2.05, 4.69) is 36.3 Å². The van der Waals surface area contributed by atoms with Crippen LogP contribution >= 0.6 is 11.8 Å². The summed E-state index contributed by atoms with van der Waals surface area (Å²) in [5.74, 6) is -0.217. The van der Waals surface area contributed by atoms with Gasteiger partial charge in [0.15, 0.2) is 0 Å². The number of aromatic nitrogens is 4. The number of anilines is 2. The van der Waals surface area contributed by atoms with Gasteiger partial charge in [0.05, 0.1) is 35.0 Å². The summed E-state index contributed by atoms with van der Waals surface area (Å²) in [6.45, 7) is 0.736. The number of hydrogen-bond acceptors (Lipinski definition) is 6. The first-order valence-electron chi connectivity index (χ1n) is 16.5. The van der Waals surface area contributed by atoms with Crippen molar-refractivity contribution in [2.75, 3.05) is 10.6 Å². The molecule has 0 atom stereocenters. The van der Waals surface area contributed by atoms with E-state index in [1.54, 1.807) is 61.5 Å². The number of carbonyl (C=O) groups is 2. The second kappa shape index (κ2) is 16.5. The van der Waals surface area contributed by atoms with Gasteiger partial charge in [0.25, 0.3) is 0 Å². The molecule has 0 unspecified atom stereocenters. The van der Waals surface area contributed by atoms with Gasteiger partial charge in [-0.2, -0.15) is 31.4 Å². The van der Waals surface area contributed by atoms with Crippen LogP contribution in [0.5, 0.6) is 0 Å². The summed E-state index contributed by atoms with van der Waals surface area (Å²) in [5, 5.41) is 14.3. The van der Waals surface area contributed by atoms with Crippen LogP contribution in [-0.4, -0.2) is 37.3 Å². The molecule has 6 aromatic rings. The number of carbonyl (C=O) groups excluding carboxylic acids is 2. The van der Waals surface area contributed by atoms with Crippen molar-refractivity contribution in [2.45, 2.75) is 36.6 Å². The molecule has 0 bridgehead atoms. The molecule has 10 nitrogen and oxygen atoms in total. The highest BCUT2D eigenvalue weighted by Crippen LogP contribution is 2.40. The molecule has 4 amide bonds. The fourth-order valence-corrected chi connectivity index (χ4v) is 6.21. The van der Waals surface area contributed by atoms with Gasteiger partial charge in [0.2, 0.25) is 0 Å². The summed E-state index contributed by atoms with van der Waals surface area (Å²) in [4.78, 5) is 34.1. The maximum Gasteiger partial charge on any atom is 0.446 e. The van der Waals surface area contributed by atoms with Gasteiger partial charge in [-0.1, -0.05) is 48.5 Å². The van der Waals surface area contributed by atoms with E-state index in [0.717, 1.165) is 0 Å². The molecule has 0 saturated carbocycles. The van der Waals surface area contributed by atoms with Gasteiger partial charge in [0.1, 0.15) is 17.5 Å². The largest absolute Gasteiger partial charge is 0.446 e. The number of nitrogens with one attached hydrogen (secondary N) is 4. The molecule has 0 fully saturated rings. The van der Waals surface area contributed by atoms with Gasteiger partial charge in [-0.3, -0.25) is 5.32 Å². The average Bonchev–Trinajstić information content (AvgIpc) is 3.61. The van der Waals surface area contributed by atoms with Gasteiger partial charge in [-0.05, 0) is 83.4 Å². The Morgan fingerprint density at radius 2 is 1.41 bits per heavy atom. The summed E-state index contributed by atoms with van der Waals surface area (Å²) < 4.78 is 96.0. The number of urea groups is 2. The summed E-state index contributed by atoms with van der Waals surface area (Å²) in [6, 6.07) is 22.0. The van der Waals surface area contributed by atoms with E-state index in [-0.39, 0.29) is 40.1 Å². The number of hydrogen-bond donors (Lipinski definition) is 4. The van der Waals surface area contributed by atoms with Crippen LogP contribution in [0.15, 0.2) is 114 Å². The molecule has 0 radical (unpaired) electrons. The Labute approximate surface area is 318 Å². The minimum Gasteiger partial charge on any atom is -0.334 e. The Bertz CT molecular complexity index is 2350. The number of halogens is 7.